The number of nitrogens with zero attached hydrogens (tertiary/aromatic N) is 1. The molecule has 0 saturated heterocycles. The van der Waals surface area contributed by atoms with Gasteiger partial charge >= 0.3 is 0 Å². The van der Waals surface area contributed by atoms with Gasteiger partial charge in [0, 0.05) is 13.1 Å². The van der Waals surface area contributed by atoms with E-state index < -0.39 is 6.04 Å². The van der Waals surface area contributed by atoms with Gasteiger partial charge in [-0.2, -0.15) is 0 Å². The molecule has 2 rings (SSSR count). The van der Waals surface area contributed by atoms with Crippen molar-refractivity contribution in [1.82, 2.24) is 10.2 Å². The van der Waals surface area contributed by atoms with Crippen LogP contribution in [0, 0.1) is 18.7 Å². The van der Waals surface area contributed by atoms with Crippen molar-refractivity contribution in [3.05, 3.63) is 65.5 Å². The second-order valence-electron chi connectivity index (χ2n) is 7.82. The number of halogens is 1. The van der Waals surface area contributed by atoms with E-state index in [9.17, 15) is 14.0 Å². The summed E-state index contributed by atoms with van der Waals surface area (Å²) in [5, 5.41) is 2.91. The minimum absolute atomic E-state index is 0.182. The van der Waals surface area contributed by atoms with Crippen molar-refractivity contribution in [3.63, 3.8) is 0 Å². The van der Waals surface area contributed by atoms with Crippen molar-refractivity contribution in [1.29, 1.82) is 0 Å². The topological polar surface area (TPSA) is 58.6 Å². The van der Waals surface area contributed by atoms with Crippen LogP contribution in [0.15, 0.2) is 48.5 Å². The van der Waals surface area contributed by atoms with Gasteiger partial charge in [0.15, 0.2) is 6.61 Å². The molecule has 0 aliphatic carbocycles. The zero-order valence-electron chi connectivity index (χ0n) is 18.2. The number of hydrogen-bond acceptors (Lipinski definition) is 3. The minimum atomic E-state index is -0.637. The SMILES string of the molecule is CC[C@H](C(=O)NCC(C)C)N(Cc1ccc(F)cc1)C(=O)COc1cccc(C)c1. The van der Waals surface area contributed by atoms with Crippen LogP contribution < -0.4 is 10.1 Å². The summed E-state index contributed by atoms with van der Waals surface area (Å²) in [6, 6.07) is 12.7. The third-order valence-electron chi connectivity index (χ3n) is 4.69. The highest BCUT2D eigenvalue weighted by Gasteiger charge is 2.29. The molecular weight excluding hydrogens is 383 g/mol. The van der Waals surface area contributed by atoms with E-state index in [1.807, 2.05) is 45.9 Å². The van der Waals surface area contributed by atoms with Crippen LogP contribution in [-0.4, -0.2) is 35.9 Å². The van der Waals surface area contributed by atoms with Crippen LogP contribution in [0.1, 0.15) is 38.3 Å². The van der Waals surface area contributed by atoms with Gasteiger partial charge in [-0.15, -0.1) is 0 Å². The molecule has 2 aromatic carbocycles. The summed E-state index contributed by atoms with van der Waals surface area (Å²) in [5.74, 6) is 0.0606. The molecule has 0 fully saturated rings. The minimum Gasteiger partial charge on any atom is -0.484 e. The van der Waals surface area contributed by atoms with Crippen molar-refractivity contribution >= 4 is 11.8 Å². The molecule has 162 valence electrons. The monoisotopic (exact) mass is 414 g/mol. The number of benzene rings is 2. The predicted octanol–water partition coefficient (Wildman–Crippen LogP) is 4.09. The smallest absolute Gasteiger partial charge is 0.261 e. The Hall–Kier alpha value is -2.89. The fourth-order valence-electron chi connectivity index (χ4n) is 3.06. The lowest BCUT2D eigenvalue weighted by Gasteiger charge is -2.30. The van der Waals surface area contributed by atoms with Crippen molar-refractivity contribution in [2.24, 2.45) is 5.92 Å². The first-order valence-corrected chi connectivity index (χ1v) is 10.3. The molecule has 2 amide bonds. The summed E-state index contributed by atoms with van der Waals surface area (Å²) in [7, 11) is 0. The first kappa shape index (κ1) is 23.4. The standard InChI is InChI=1S/C24H31FN2O3/c1-5-22(24(29)26-14-17(2)3)27(15-19-9-11-20(25)12-10-19)23(28)16-30-21-8-6-7-18(4)13-21/h6-13,17,22H,5,14-16H2,1-4H3,(H,26,29)/t22-/m1/s1. The normalized spacial score (nSPS) is 11.8. The predicted molar refractivity (Wildman–Crippen MR) is 116 cm³/mol. The molecule has 0 aliphatic rings. The Morgan fingerprint density at radius 2 is 1.83 bits per heavy atom. The van der Waals surface area contributed by atoms with Gasteiger partial charge in [-0.1, -0.05) is 45.0 Å². The van der Waals surface area contributed by atoms with Gasteiger partial charge in [0.2, 0.25) is 5.91 Å². The maximum Gasteiger partial charge on any atom is 0.261 e. The average molecular weight is 415 g/mol. The first-order valence-electron chi connectivity index (χ1n) is 10.3. The summed E-state index contributed by atoms with van der Waals surface area (Å²) in [5.41, 5.74) is 1.78. The van der Waals surface area contributed by atoms with E-state index in [0.717, 1.165) is 11.1 Å². The lowest BCUT2D eigenvalue weighted by atomic mass is 10.1. The van der Waals surface area contributed by atoms with Gasteiger partial charge in [-0.25, -0.2) is 4.39 Å². The van der Waals surface area contributed by atoms with E-state index in [4.69, 9.17) is 4.74 Å². The van der Waals surface area contributed by atoms with Crippen molar-refractivity contribution in [2.75, 3.05) is 13.2 Å². The Morgan fingerprint density at radius 3 is 2.43 bits per heavy atom. The second kappa shape index (κ2) is 11.3. The zero-order chi connectivity index (χ0) is 22.1. The van der Waals surface area contributed by atoms with Crippen LogP contribution in [0.2, 0.25) is 0 Å². The maximum atomic E-state index is 13.3. The molecule has 6 heteroatoms. The van der Waals surface area contributed by atoms with Gasteiger partial charge < -0.3 is 15.0 Å². The molecule has 0 heterocycles. The van der Waals surface area contributed by atoms with Crippen molar-refractivity contribution < 1.29 is 18.7 Å². The number of amides is 2. The van der Waals surface area contributed by atoms with Gasteiger partial charge in [0.05, 0.1) is 0 Å². The molecule has 0 aliphatic heterocycles. The molecule has 0 spiro atoms. The van der Waals surface area contributed by atoms with Gasteiger partial charge in [0.1, 0.15) is 17.6 Å². The zero-order valence-corrected chi connectivity index (χ0v) is 18.2. The average Bonchev–Trinajstić information content (AvgIpc) is 2.71. The Bertz CT molecular complexity index is 837. The third-order valence-corrected chi connectivity index (χ3v) is 4.69. The van der Waals surface area contributed by atoms with Gasteiger partial charge in [-0.3, -0.25) is 9.59 Å². The highest BCUT2D eigenvalue weighted by molar-refractivity contribution is 5.88. The Labute approximate surface area is 178 Å². The van der Waals surface area contributed by atoms with Crippen LogP contribution in [0.25, 0.3) is 0 Å². The fourth-order valence-corrected chi connectivity index (χ4v) is 3.06. The highest BCUT2D eigenvalue weighted by Crippen LogP contribution is 2.16. The van der Waals surface area contributed by atoms with E-state index in [2.05, 4.69) is 5.32 Å². The quantitative estimate of drug-likeness (QED) is 0.637. The lowest BCUT2D eigenvalue weighted by Crippen LogP contribution is -2.50. The number of rotatable bonds is 10. The summed E-state index contributed by atoms with van der Waals surface area (Å²) >= 11 is 0. The molecule has 0 unspecified atom stereocenters. The summed E-state index contributed by atoms with van der Waals surface area (Å²) < 4.78 is 19.0. The van der Waals surface area contributed by atoms with Crippen molar-refractivity contribution in [2.45, 2.75) is 46.7 Å². The molecule has 0 radical (unpaired) electrons. The molecular formula is C24H31FN2O3. The lowest BCUT2D eigenvalue weighted by molar-refractivity contribution is -0.143. The highest BCUT2D eigenvalue weighted by atomic mass is 19.1. The number of ether oxygens (including phenoxy) is 1. The van der Waals surface area contributed by atoms with E-state index in [1.165, 1.54) is 17.0 Å². The summed E-state index contributed by atoms with van der Waals surface area (Å²) in [4.78, 5) is 27.4. The molecule has 1 N–H and O–H groups in total. The molecule has 0 bridgehead atoms. The third kappa shape index (κ3) is 7.17. The van der Waals surface area contributed by atoms with Crippen LogP contribution >= 0.6 is 0 Å². The van der Waals surface area contributed by atoms with Gasteiger partial charge in [-0.05, 0) is 54.7 Å². The van der Waals surface area contributed by atoms with Crippen LogP contribution in [0.4, 0.5) is 4.39 Å². The largest absolute Gasteiger partial charge is 0.484 e. The molecule has 0 aromatic heterocycles. The second-order valence-corrected chi connectivity index (χ2v) is 7.82. The number of carbonyl (C=O) groups is 2. The molecule has 1 atom stereocenters. The maximum absolute atomic E-state index is 13.3. The number of hydrogen-bond donors (Lipinski definition) is 1. The number of nitrogens with one attached hydrogen (secondary N) is 1. The molecule has 0 saturated carbocycles. The van der Waals surface area contributed by atoms with Crippen LogP contribution in [-0.2, 0) is 16.1 Å². The Morgan fingerprint density at radius 1 is 1.13 bits per heavy atom. The number of aryl methyl sites for hydroxylation is 1. The van der Waals surface area contributed by atoms with E-state index in [1.54, 1.807) is 18.2 Å². The first-order chi connectivity index (χ1) is 14.3. The summed E-state index contributed by atoms with van der Waals surface area (Å²) in [6.07, 6.45) is 0.460. The van der Waals surface area contributed by atoms with Crippen LogP contribution in [0.5, 0.6) is 5.75 Å². The summed E-state index contributed by atoms with van der Waals surface area (Å²) in [6.45, 7) is 8.39. The molecule has 30 heavy (non-hydrogen) atoms. The van der Waals surface area contributed by atoms with Crippen LogP contribution in [0.3, 0.4) is 0 Å². The van der Waals surface area contributed by atoms with E-state index >= 15 is 0 Å². The molecule has 5 nitrogen and oxygen atoms in total. The van der Waals surface area contributed by atoms with E-state index in [0.29, 0.717) is 24.6 Å². The van der Waals surface area contributed by atoms with Crippen molar-refractivity contribution in [3.8, 4) is 5.75 Å². The Balaban J connectivity index is 2.18. The van der Waals surface area contributed by atoms with Gasteiger partial charge in [0.25, 0.3) is 5.91 Å². The van der Waals surface area contributed by atoms with E-state index in [-0.39, 0.29) is 30.8 Å². The Kier molecular flexibility index (Phi) is 8.84. The molecule has 2 aromatic rings. The number of carbonyl (C=O) groups excluding carboxylic acids is 2. The fraction of sp³-hybridized carbons (Fsp3) is 0.417.